The predicted octanol–water partition coefficient (Wildman–Crippen LogP) is 11.5. The normalized spacial score (nSPS) is 12.3. The fraction of sp³-hybridized carbons (Fsp3) is 0. The summed E-state index contributed by atoms with van der Waals surface area (Å²) in [5, 5.41) is 9.43. The molecule has 236 valence electrons. The van der Waals surface area contributed by atoms with Crippen molar-refractivity contribution in [3.8, 4) is 11.4 Å². The van der Waals surface area contributed by atoms with Gasteiger partial charge >= 0.3 is 0 Å². The summed E-state index contributed by atoms with van der Waals surface area (Å²) in [6.45, 7) is 0. The maximum atomic E-state index is 5.23. The summed E-state index contributed by atoms with van der Waals surface area (Å²) in [6.07, 6.45) is 1.89. The van der Waals surface area contributed by atoms with E-state index in [1.807, 2.05) is 12.3 Å². The SMILES string of the molecule is c1ccc(-n2c3ccccc3c3ccc4c5ccccc5n(-c5ccc6c7c(ccc8cccnc87)c7nc8ccccc8n7c6c5)c4c32)cc1. The molecular formula is C46H27N5. The van der Waals surface area contributed by atoms with Crippen LogP contribution in [0.1, 0.15) is 0 Å². The third-order valence-corrected chi connectivity index (χ3v) is 10.8. The van der Waals surface area contributed by atoms with E-state index in [0.29, 0.717) is 0 Å². The van der Waals surface area contributed by atoms with Crippen LogP contribution in [-0.2, 0) is 0 Å². The predicted molar refractivity (Wildman–Crippen MR) is 212 cm³/mol. The number of rotatable bonds is 2. The summed E-state index contributed by atoms with van der Waals surface area (Å²) in [5.74, 6) is 0. The van der Waals surface area contributed by atoms with Crippen LogP contribution in [0.2, 0.25) is 0 Å². The second-order valence-electron chi connectivity index (χ2n) is 13.4. The van der Waals surface area contributed by atoms with Gasteiger partial charge in [0.15, 0.2) is 0 Å². The lowest BCUT2D eigenvalue weighted by Crippen LogP contribution is -2.00. The fourth-order valence-electron chi connectivity index (χ4n) is 8.72. The average molecular weight is 650 g/mol. The Balaban J connectivity index is 1.30. The van der Waals surface area contributed by atoms with Gasteiger partial charge < -0.3 is 9.13 Å². The van der Waals surface area contributed by atoms with Crippen LogP contribution in [-0.4, -0.2) is 23.5 Å². The first kappa shape index (κ1) is 26.9. The molecule has 0 amide bonds. The first-order valence-corrected chi connectivity index (χ1v) is 17.3. The fourth-order valence-corrected chi connectivity index (χ4v) is 8.72. The van der Waals surface area contributed by atoms with Crippen LogP contribution in [0.5, 0.6) is 0 Å². The van der Waals surface area contributed by atoms with E-state index in [1.165, 1.54) is 43.6 Å². The quantitative estimate of drug-likeness (QED) is 0.175. The van der Waals surface area contributed by atoms with Crippen molar-refractivity contribution in [3.05, 3.63) is 164 Å². The molecule has 0 bridgehead atoms. The van der Waals surface area contributed by atoms with E-state index in [1.54, 1.807) is 0 Å². The van der Waals surface area contributed by atoms with E-state index in [9.17, 15) is 0 Å². The maximum absolute atomic E-state index is 5.23. The Hall–Kier alpha value is -6.98. The van der Waals surface area contributed by atoms with Gasteiger partial charge in [-0.15, -0.1) is 0 Å². The summed E-state index contributed by atoms with van der Waals surface area (Å²) in [6, 6.07) is 56.8. The van der Waals surface area contributed by atoms with Crippen LogP contribution in [0.15, 0.2) is 164 Å². The van der Waals surface area contributed by atoms with Gasteiger partial charge in [0.1, 0.15) is 5.65 Å². The summed E-state index contributed by atoms with van der Waals surface area (Å²) >= 11 is 0. The van der Waals surface area contributed by atoms with Gasteiger partial charge in [-0.1, -0.05) is 97.1 Å². The second kappa shape index (κ2) is 9.80. The van der Waals surface area contributed by atoms with E-state index < -0.39 is 0 Å². The number of fused-ring (bicyclic) bond motifs is 17. The topological polar surface area (TPSA) is 40.0 Å². The van der Waals surface area contributed by atoms with Crippen molar-refractivity contribution < 1.29 is 0 Å². The molecule has 0 radical (unpaired) electrons. The van der Waals surface area contributed by atoms with Crippen LogP contribution in [0, 0.1) is 0 Å². The minimum Gasteiger partial charge on any atom is -0.307 e. The van der Waals surface area contributed by atoms with E-state index in [0.717, 1.165) is 60.6 Å². The largest absolute Gasteiger partial charge is 0.307 e. The third kappa shape index (κ3) is 3.49. The molecule has 0 fully saturated rings. The number of aromatic nitrogens is 5. The Morgan fingerprint density at radius 2 is 1.04 bits per heavy atom. The average Bonchev–Trinajstić information content (AvgIpc) is 3.86. The van der Waals surface area contributed by atoms with Crippen LogP contribution >= 0.6 is 0 Å². The van der Waals surface area contributed by atoms with E-state index in [-0.39, 0.29) is 0 Å². The highest BCUT2D eigenvalue weighted by Gasteiger charge is 2.22. The number of hydrogen-bond donors (Lipinski definition) is 0. The van der Waals surface area contributed by atoms with E-state index in [2.05, 4.69) is 165 Å². The van der Waals surface area contributed by atoms with Crippen molar-refractivity contribution in [1.29, 1.82) is 0 Å². The van der Waals surface area contributed by atoms with Crippen molar-refractivity contribution >= 4 is 92.9 Å². The van der Waals surface area contributed by atoms with Gasteiger partial charge in [-0.3, -0.25) is 9.38 Å². The number of pyridine rings is 2. The van der Waals surface area contributed by atoms with Gasteiger partial charge in [-0.25, -0.2) is 4.98 Å². The van der Waals surface area contributed by atoms with Crippen molar-refractivity contribution in [2.45, 2.75) is 0 Å². The van der Waals surface area contributed by atoms with Crippen molar-refractivity contribution in [1.82, 2.24) is 23.5 Å². The summed E-state index contributed by atoms with van der Waals surface area (Å²) in [5.41, 5.74) is 12.1. The highest BCUT2D eigenvalue weighted by atomic mass is 15.1. The van der Waals surface area contributed by atoms with Gasteiger partial charge in [0.05, 0.1) is 44.1 Å². The Bertz CT molecular complexity index is 3420. The molecular weight excluding hydrogens is 623 g/mol. The minimum absolute atomic E-state index is 0.942. The zero-order valence-corrected chi connectivity index (χ0v) is 27.3. The molecule has 5 nitrogen and oxygen atoms in total. The number of imidazole rings is 1. The summed E-state index contributed by atoms with van der Waals surface area (Å²) < 4.78 is 7.26. The van der Waals surface area contributed by atoms with Crippen LogP contribution in [0.25, 0.3) is 104 Å². The molecule has 0 atom stereocenters. The molecule has 5 heteroatoms. The molecule has 5 aromatic heterocycles. The van der Waals surface area contributed by atoms with Crippen molar-refractivity contribution in [3.63, 3.8) is 0 Å². The van der Waals surface area contributed by atoms with Crippen molar-refractivity contribution in [2.75, 3.05) is 0 Å². The van der Waals surface area contributed by atoms with Crippen molar-refractivity contribution in [2.24, 2.45) is 0 Å². The third-order valence-electron chi connectivity index (χ3n) is 10.8. The molecule has 5 heterocycles. The standard InChI is InChI=1S/C46H27N5/c1-2-12-29(13-3-1)49-38-17-7-4-14-31(38)33-24-25-34-32-15-5-8-18-39(32)50(45(34)44(33)49)30-21-23-35-41(27-30)51-40-19-9-6-16-37(40)48-46(51)36-22-20-28-11-10-26-47-43(28)42(35)36/h1-27H. The molecule has 0 saturated carbocycles. The molecule has 0 saturated heterocycles. The number of benzene rings is 7. The van der Waals surface area contributed by atoms with Gasteiger partial charge in [0.25, 0.3) is 0 Å². The lowest BCUT2D eigenvalue weighted by Gasteiger charge is -2.15. The molecule has 12 rings (SSSR count). The molecule has 0 unspecified atom stereocenters. The summed E-state index contributed by atoms with van der Waals surface area (Å²) in [4.78, 5) is 10.2. The monoisotopic (exact) mass is 649 g/mol. The van der Waals surface area contributed by atoms with Crippen LogP contribution < -0.4 is 0 Å². The molecule has 51 heavy (non-hydrogen) atoms. The second-order valence-corrected chi connectivity index (χ2v) is 13.4. The lowest BCUT2D eigenvalue weighted by molar-refractivity contribution is 1.15. The first-order chi connectivity index (χ1) is 25.3. The van der Waals surface area contributed by atoms with Crippen LogP contribution in [0.4, 0.5) is 0 Å². The Morgan fingerprint density at radius 3 is 1.80 bits per heavy atom. The van der Waals surface area contributed by atoms with E-state index in [4.69, 9.17) is 9.97 Å². The van der Waals surface area contributed by atoms with E-state index >= 15 is 0 Å². The Labute approximate surface area is 290 Å². The van der Waals surface area contributed by atoms with Gasteiger partial charge in [-0.05, 0) is 60.7 Å². The lowest BCUT2D eigenvalue weighted by atomic mass is 10.0. The Morgan fingerprint density at radius 1 is 0.412 bits per heavy atom. The molecule has 0 aliphatic heterocycles. The zero-order chi connectivity index (χ0) is 33.2. The number of nitrogens with zero attached hydrogens (tertiary/aromatic N) is 5. The molecule has 0 aliphatic rings. The highest BCUT2D eigenvalue weighted by Crippen LogP contribution is 2.43. The molecule has 12 aromatic rings. The number of hydrogen-bond acceptors (Lipinski definition) is 2. The minimum atomic E-state index is 0.942. The highest BCUT2D eigenvalue weighted by molar-refractivity contribution is 6.25. The molecule has 0 spiro atoms. The van der Waals surface area contributed by atoms with Gasteiger partial charge in [0.2, 0.25) is 0 Å². The zero-order valence-electron chi connectivity index (χ0n) is 27.3. The molecule has 0 N–H and O–H groups in total. The van der Waals surface area contributed by atoms with Gasteiger partial charge in [0, 0.05) is 60.7 Å². The maximum Gasteiger partial charge on any atom is 0.146 e. The first-order valence-electron chi connectivity index (χ1n) is 17.3. The summed E-state index contributed by atoms with van der Waals surface area (Å²) in [7, 11) is 0. The molecule has 7 aromatic carbocycles. The smallest absolute Gasteiger partial charge is 0.146 e. The van der Waals surface area contributed by atoms with Gasteiger partial charge in [-0.2, -0.15) is 0 Å². The Kier molecular flexibility index (Phi) is 5.17. The number of para-hydroxylation sites is 5. The molecule has 0 aliphatic carbocycles. The van der Waals surface area contributed by atoms with Crippen LogP contribution in [0.3, 0.4) is 0 Å².